The van der Waals surface area contributed by atoms with Gasteiger partial charge in [0.25, 0.3) is 5.91 Å². The molecule has 5 nitrogen and oxygen atoms in total. The van der Waals surface area contributed by atoms with Crippen LogP contribution < -0.4 is 5.32 Å². The van der Waals surface area contributed by atoms with E-state index in [1.807, 2.05) is 34.5 Å². The lowest BCUT2D eigenvalue weighted by atomic mass is 10.2. The molecule has 2 aromatic heterocycles. The zero-order valence-corrected chi connectivity index (χ0v) is 15.1. The first-order valence-corrected chi connectivity index (χ1v) is 9.88. The summed E-state index contributed by atoms with van der Waals surface area (Å²) in [6.07, 6.45) is 1.88. The Labute approximate surface area is 153 Å². The van der Waals surface area contributed by atoms with E-state index in [1.165, 1.54) is 11.3 Å². The summed E-state index contributed by atoms with van der Waals surface area (Å²) in [5.74, 6) is -0.245. The number of thiazole rings is 1. The van der Waals surface area contributed by atoms with Crippen molar-refractivity contribution in [2.24, 2.45) is 0 Å². The number of benzene rings is 1. The van der Waals surface area contributed by atoms with Crippen molar-refractivity contribution in [1.29, 1.82) is 0 Å². The number of hydrogen-bond donors (Lipinski definition) is 1. The van der Waals surface area contributed by atoms with Crippen molar-refractivity contribution in [2.45, 2.75) is 18.9 Å². The predicted octanol–water partition coefficient (Wildman–Crippen LogP) is 3.45. The molecule has 1 aliphatic heterocycles. The number of aromatic nitrogens is 1. The Morgan fingerprint density at radius 1 is 1.24 bits per heavy atom. The second kappa shape index (κ2) is 6.93. The summed E-state index contributed by atoms with van der Waals surface area (Å²) in [4.78, 5) is 31.8. The molecule has 1 unspecified atom stereocenters. The van der Waals surface area contributed by atoms with Crippen LogP contribution in [0.4, 0.5) is 0 Å². The van der Waals surface area contributed by atoms with E-state index in [-0.39, 0.29) is 24.4 Å². The summed E-state index contributed by atoms with van der Waals surface area (Å²) in [5.41, 5.74) is 0.979. The minimum absolute atomic E-state index is 0.0172. The van der Waals surface area contributed by atoms with Crippen molar-refractivity contribution in [1.82, 2.24) is 15.2 Å². The van der Waals surface area contributed by atoms with Gasteiger partial charge >= 0.3 is 0 Å². The van der Waals surface area contributed by atoms with Gasteiger partial charge in [-0.1, -0.05) is 18.2 Å². The number of nitrogens with one attached hydrogen (secondary N) is 1. The second-order valence-electron chi connectivity index (χ2n) is 5.92. The maximum absolute atomic E-state index is 12.6. The van der Waals surface area contributed by atoms with Crippen molar-refractivity contribution >= 4 is 44.7 Å². The third kappa shape index (κ3) is 3.29. The molecule has 0 bridgehead atoms. The summed E-state index contributed by atoms with van der Waals surface area (Å²) in [6, 6.07) is 11.6. The van der Waals surface area contributed by atoms with E-state index in [0.29, 0.717) is 11.4 Å². The first-order valence-electron chi connectivity index (χ1n) is 8.19. The summed E-state index contributed by atoms with van der Waals surface area (Å²) in [7, 11) is 0. The summed E-state index contributed by atoms with van der Waals surface area (Å²) in [5, 5.41) is 5.55. The topological polar surface area (TPSA) is 62.3 Å². The third-order valence-electron chi connectivity index (χ3n) is 4.31. The van der Waals surface area contributed by atoms with E-state index in [1.54, 1.807) is 17.4 Å². The average molecular weight is 371 g/mol. The Balaban J connectivity index is 1.45. The lowest BCUT2D eigenvalue weighted by Crippen LogP contribution is -2.39. The highest BCUT2D eigenvalue weighted by atomic mass is 32.1. The predicted molar refractivity (Wildman–Crippen MR) is 100.0 cm³/mol. The van der Waals surface area contributed by atoms with Crippen LogP contribution in [0, 0.1) is 0 Å². The highest BCUT2D eigenvalue weighted by Crippen LogP contribution is 2.36. The van der Waals surface area contributed by atoms with Gasteiger partial charge < -0.3 is 10.2 Å². The molecule has 1 saturated heterocycles. The van der Waals surface area contributed by atoms with Crippen LogP contribution in [0.15, 0.2) is 41.8 Å². The molecule has 3 aromatic rings. The van der Waals surface area contributed by atoms with E-state index in [9.17, 15) is 9.59 Å². The van der Waals surface area contributed by atoms with E-state index in [4.69, 9.17) is 4.98 Å². The minimum Gasteiger partial charge on any atom is -0.342 e. The Bertz CT molecular complexity index is 871. The van der Waals surface area contributed by atoms with Gasteiger partial charge in [-0.05, 0) is 36.4 Å². The number of thiophene rings is 1. The minimum atomic E-state index is -0.195. The Morgan fingerprint density at radius 2 is 2.12 bits per heavy atom. The van der Waals surface area contributed by atoms with Gasteiger partial charge in [0, 0.05) is 6.54 Å². The molecule has 1 N–H and O–H groups in total. The second-order valence-corrected chi connectivity index (χ2v) is 7.93. The standard InChI is InChI=1S/C18H17N3O2S2/c22-16(11-19-17(23)15-8-4-10-24-15)21-9-3-6-13(21)18-20-12-5-1-2-7-14(12)25-18/h1-2,4-5,7-8,10,13H,3,6,9,11H2,(H,19,23). The van der Waals surface area contributed by atoms with Crippen LogP contribution >= 0.6 is 22.7 Å². The molecular formula is C18H17N3O2S2. The van der Waals surface area contributed by atoms with Crippen LogP contribution in [0.3, 0.4) is 0 Å². The quantitative estimate of drug-likeness (QED) is 0.764. The van der Waals surface area contributed by atoms with Gasteiger partial charge in [0.1, 0.15) is 5.01 Å². The molecule has 1 atom stereocenters. The molecule has 128 valence electrons. The van der Waals surface area contributed by atoms with Crippen LogP contribution in [0.25, 0.3) is 10.2 Å². The highest BCUT2D eigenvalue weighted by Gasteiger charge is 2.32. The fourth-order valence-electron chi connectivity index (χ4n) is 3.11. The number of amides is 2. The van der Waals surface area contributed by atoms with Gasteiger partial charge in [-0.15, -0.1) is 22.7 Å². The van der Waals surface area contributed by atoms with Crippen molar-refractivity contribution in [2.75, 3.05) is 13.1 Å². The fraction of sp³-hybridized carbons (Fsp3) is 0.278. The number of carbonyl (C=O) groups is 2. The van der Waals surface area contributed by atoms with E-state index >= 15 is 0 Å². The monoisotopic (exact) mass is 371 g/mol. The van der Waals surface area contributed by atoms with Crippen molar-refractivity contribution in [3.63, 3.8) is 0 Å². The molecular weight excluding hydrogens is 354 g/mol. The summed E-state index contributed by atoms with van der Waals surface area (Å²) in [6.45, 7) is 0.742. The van der Waals surface area contributed by atoms with Gasteiger partial charge in [0.15, 0.2) is 0 Å². The van der Waals surface area contributed by atoms with Gasteiger partial charge in [0.05, 0.1) is 27.7 Å². The van der Waals surface area contributed by atoms with E-state index in [2.05, 4.69) is 11.4 Å². The molecule has 7 heteroatoms. The van der Waals surface area contributed by atoms with Crippen LogP contribution in [-0.4, -0.2) is 34.8 Å². The normalized spacial score (nSPS) is 17.1. The van der Waals surface area contributed by atoms with Gasteiger partial charge in [0.2, 0.25) is 5.91 Å². The smallest absolute Gasteiger partial charge is 0.261 e. The molecule has 1 fully saturated rings. The van der Waals surface area contributed by atoms with Crippen LogP contribution in [0.5, 0.6) is 0 Å². The maximum Gasteiger partial charge on any atom is 0.261 e. The van der Waals surface area contributed by atoms with Gasteiger partial charge in [-0.2, -0.15) is 0 Å². The first-order chi connectivity index (χ1) is 12.2. The fourth-order valence-corrected chi connectivity index (χ4v) is 4.86. The molecule has 1 aromatic carbocycles. The van der Waals surface area contributed by atoms with Crippen LogP contribution in [0.2, 0.25) is 0 Å². The number of likely N-dealkylation sites (tertiary alicyclic amines) is 1. The molecule has 1 aliphatic rings. The molecule has 4 rings (SSSR count). The van der Waals surface area contributed by atoms with Crippen molar-refractivity contribution in [3.05, 3.63) is 51.7 Å². The number of carbonyl (C=O) groups excluding carboxylic acids is 2. The Kier molecular flexibility index (Phi) is 4.50. The number of rotatable bonds is 4. The molecule has 3 heterocycles. The molecule has 2 amide bonds. The molecule has 25 heavy (non-hydrogen) atoms. The van der Waals surface area contributed by atoms with Crippen molar-refractivity contribution in [3.8, 4) is 0 Å². The van der Waals surface area contributed by atoms with Gasteiger partial charge in [-0.3, -0.25) is 9.59 Å². The Morgan fingerprint density at radius 3 is 2.92 bits per heavy atom. The molecule has 0 saturated carbocycles. The van der Waals surface area contributed by atoms with E-state index in [0.717, 1.165) is 28.1 Å². The zero-order chi connectivity index (χ0) is 17.2. The van der Waals surface area contributed by atoms with E-state index < -0.39 is 0 Å². The Hall–Kier alpha value is -2.25. The summed E-state index contributed by atoms with van der Waals surface area (Å²) < 4.78 is 1.14. The highest BCUT2D eigenvalue weighted by molar-refractivity contribution is 7.18. The third-order valence-corrected chi connectivity index (χ3v) is 6.32. The maximum atomic E-state index is 12.6. The SMILES string of the molecule is O=C(NCC(=O)N1CCCC1c1nc2ccccc2s1)c1cccs1. The summed E-state index contributed by atoms with van der Waals surface area (Å²) >= 11 is 3.02. The first kappa shape index (κ1) is 16.2. The number of fused-ring (bicyclic) bond motifs is 1. The van der Waals surface area contributed by atoms with Crippen molar-refractivity contribution < 1.29 is 9.59 Å². The number of nitrogens with zero attached hydrogens (tertiary/aromatic N) is 2. The molecule has 0 aliphatic carbocycles. The molecule has 0 radical (unpaired) electrons. The lowest BCUT2D eigenvalue weighted by molar-refractivity contribution is -0.131. The number of hydrogen-bond acceptors (Lipinski definition) is 5. The largest absolute Gasteiger partial charge is 0.342 e. The van der Waals surface area contributed by atoms with Crippen LogP contribution in [-0.2, 0) is 4.79 Å². The average Bonchev–Trinajstić information content (AvgIpc) is 3.38. The molecule has 0 spiro atoms. The zero-order valence-electron chi connectivity index (χ0n) is 13.5. The van der Waals surface area contributed by atoms with Crippen LogP contribution in [0.1, 0.15) is 33.6 Å². The number of para-hydroxylation sites is 1. The lowest BCUT2D eigenvalue weighted by Gasteiger charge is -2.23. The van der Waals surface area contributed by atoms with Gasteiger partial charge in [-0.25, -0.2) is 4.98 Å².